The van der Waals surface area contributed by atoms with Crippen molar-refractivity contribution in [3.05, 3.63) is 33.9 Å². The van der Waals surface area contributed by atoms with E-state index in [1.165, 1.54) is 0 Å². The molecule has 0 spiro atoms. The van der Waals surface area contributed by atoms with Crippen LogP contribution in [-0.2, 0) is 0 Å². The molecule has 1 aliphatic rings. The third kappa shape index (κ3) is 2.42. The lowest BCUT2D eigenvalue weighted by atomic mass is 10.2. The van der Waals surface area contributed by atoms with Gasteiger partial charge in [-0.25, -0.2) is 8.78 Å². The van der Waals surface area contributed by atoms with Crippen molar-refractivity contribution in [1.29, 1.82) is 0 Å². The van der Waals surface area contributed by atoms with Crippen LogP contribution in [0.4, 0.5) is 20.2 Å². The standard InChI is InChI=1S/C12H14F2N2O2/c1-2-3-7-6-9(7)15-12-10(16(17)18)5-4-8(13)11(12)14/h4-5,7,9,15H,2-3,6H2,1H3. The van der Waals surface area contributed by atoms with Gasteiger partial charge in [-0.05, 0) is 24.8 Å². The van der Waals surface area contributed by atoms with Gasteiger partial charge in [0.2, 0.25) is 0 Å². The molecule has 2 atom stereocenters. The maximum Gasteiger partial charge on any atom is 0.295 e. The minimum absolute atomic E-state index is 0.0138. The number of hydrogen-bond donors (Lipinski definition) is 1. The normalized spacial score (nSPS) is 21.7. The summed E-state index contributed by atoms with van der Waals surface area (Å²) in [6, 6.07) is 1.77. The van der Waals surface area contributed by atoms with Crippen LogP contribution in [0.3, 0.4) is 0 Å². The van der Waals surface area contributed by atoms with Crippen molar-refractivity contribution in [1.82, 2.24) is 0 Å². The molecule has 4 nitrogen and oxygen atoms in total. The van der Waals surface area contributed by atoms with E-state index in [2.05, 4.69) is 5.32 Å². The molecule has 0 bridgehead atoms. The number of benzene rings is 1. The van der Waals surface area contributed by atoms with Crippen LogP contribution in [0.1, 0.15) is 26.2 Å². The summed E-state index contributed by atoms with van der Waals surface area (Å²) in [4.78, 5) is 10.1. The second-order valence-electron chi connectivity index (χ2n) is 4.55. The molecule has 1 fully saturated rings. The summed E-state index contributed by atoms with van der Waals surface area (Å²) in [6.07, 6.45) is 2.85. The molecule has 6 heteroatoms. The largest absolute Gasteiger partial charge is 0.374 e. The van der Waals surface area contributed by atoms with E-state index >= 15 is 0 Å². The van der Waals surface area contributed by atoms with Gasteiger partial charge in [0, 0.05) is 12.1 Å². The maximum atomic E-state index is 13.6. The number of halogens is 2. The number of anilines is 1. The molecule has 2 rings (SSSR count). The average Bonchev–Trinajstić information content (AvgIpc) is 3.03. The zero-order valence-electron chi connectivity index (χ0n) is 9.95. The summed E-state index contributed by atoms with van der Waals surface area (Å²) < 4.78 is 26.7. The zero-order chi connectivity index (χ0) is 13.3. The van der Waals surface area contributed by atoms with Crippen LogP contribution in [0, 0.1) is 27.7 Å². The van der Waals surface area contributed by atoms with Crippen LogP contribution in [0.15, 0.2) is 12.1 Å². The van der Waals surface area contributed by atoms with Gasteiger partial charge in [-0.2, -0.15) is 0 Å². The van der Waals surface area contributed by atoms with E-state index in [-0.39, 0.29) is 11.7 Å². The predicted molar refractivity (Wildman–Crippen MR) is 63.4 cm³/mol. The van der Waals surface area contributed by atoms with E-state index < -0.39 is 22.2 Å². The lowest BCUT2D eigenvalue weighted by Gasteiger charge is -2.08. The molecule has 1 aromatic rings. The molecule has 1 saturated carbocycles. The molecule has 98 valence electrons. The van der Waals surface area contributed by atoms with Gasteiger partial charge in [0.1, 0.15) is 0 Å². The average molecular weight is 256 g/mol. The molecule has 0 aromatic heterocycles. The Bertz CT molecular complexity index is 479. The molecular weight excluding hydrogens is 242 g/mol. The third-order valence-corrected chi connectivity index (χ3v) is 3.18. The lowest BCUT2D eigenvalue weighted by Crippen LogP contribution is -2.10. The minimum atomic E-state index is -1.17. The lowest BCUT2D eigenvalue weighted by molar-refractivity contribution is -0.384. The van der Waals surface area contributed by atoms with Crippen LogP contribution in [0.2, 0.25) is 0 Å². The van der Waals surface area contributed by atoms with Crippen molar-refractivity contribution < 1.29 is 13.7 Å². The second-order valence-corrected chi connectivity index (χ2v) is 4.55. The molecule has 0 heterocycles. The fourth-order valence-corrected chi connectivity index (χ4v) is 2.13. The van der Waals surface area contributed by atoms with Gasteiger partial charge in [0.15, 0.2) is 17.3 Å². The van der Waals surface area contributed by atoms with E-state index in [1.54, 1.807) is 0 Å². The van der Waals surface area contributed by atoms with Crippen molar-refractivity contribution in [3.63, 3.8) is 0 Å². The quantitative estimate of drug-likeness (QED) is 0.648. The zero-order valence-corrected chi connectivity index (χ0v) is 9.95. The molecule has 0 radical (unpaired) electrons. The third-order valence-electron chi connectivity index (χ3n) is 3.18. The number of rotatable bonds is 5. The highest BCUT2D eigenvalue weighted by Crippen LogP contribution is 2.40. The van der Waals surface area contributed by atoms with Crippen molar-refractivity contribution in [2.75, 3.05) is 5.32 Å². The first kappa shape index (κ1) is 12.7. The van der Waals surface area contributed by atoms with Crippen LogP contribution in [0.5, 0.6) is 0 Å². The molecule has 18 heavy (non-hydrogen) atoms. The number of nitrogens with zero attached hydrogens (tertiary/aromatic N) is 1. The van der Waals surface area contributed by atoms with Crippen LogP contribution in [-0.4, -0.2) is 11.0 Å². The fourth-order valence-electron chi connectivity index (χ4n) is 2.13. The predicted octanol–water partition coefficient (Wildman–Crippen LogP) is 3.47. The Balaban J connectivity index is 2.21. The van der Waals surface area contributed by atoms with Gasteiger partial charge in [-0.15, -0.1) is 0 Å². The highest BCUT2D eigenvalue weighted by Gasteiger charge is 2.38. The van der Waals surface area contributed by atoms with Gasteiger partial charge < -0.3 is 5.32 Å². The van der Waals surface area contributed by atoms with Gasteiger partial charge in [-0.3, -0.25) is 10.1 Å². The monoisotopic (exact) mass is 256 g/mol. The van der Waals surface area contributed by atoms with Gasteiger partial charge >= 0.3 is 0 Å². The molecule has 1 N–H and O–H groups in total. The first-order valence-corrected chi connectivity index (χ1v) is 5.93. The number of hydrogen-bond acceptors (Lipinski definition) is 3. The first-order valence-electron chi connectivity index (χ1n) is 5.93. The molecule has 1 aromatic carbocycles. The molecule has 0 aliphatic heterocycles. The van der Waals surface area contributed by atoms with E-state index in [0.717, 1.165) is 31.4 Å². The fraction of sp³-hybridized carbons (Fsp3) is 0.500. The summed E-state index contributed by atoms with van der Waals surface area (Å²) in [5.74, 6) is -1.85. The Morgan fingerprint density at radius 3 is 2.83 bits per heavy atom. The summed E-state index contributed by atoms with van der Waals surface area (Å²) in [5.41, 5.74) is -0.750. The maximum absolute atomic E-state index is 13.6. The van der Waals surface area contributed by atoms with Gasteiger partial charge in [0.25, 0.3) is 5.69 Å². The van der Waals surface area contributed by atoms with Crippen molar-refractivity contribution in [2.45, 2.75) is 32.2 Å². The van der Waals surface area contributed by atoms with Crippen LogP contribution in [0.25, 0.3) is 0 Å². The highest BCUT2D eigenvalue weighted by atomic mass is 19.2. The van der Waals surface area contributed by atoms with Crippen molar-refractivity contribution in [3.8, 4) is 0 Å². The summed E-state index contributed by atoms with van der Waals surface area (Å²) in [7, 11) is 0. The molecular formula is C12H14F2N2O2. The van der Waals surface area contributed by atoms with Gasteiger partial charge in [-0.1, -0.05) is 13.3 Å². The summed E-state index contributed by atoms with van der Waals surface area (Å²) in [6.45, 7) is 2.04. The second kappa shape index (κ2) is 4.88. The highest BCUT2D eigenvalue weighted by molar-refractivity contribution is 5.63. The Kier molecular flexibility index (Phi) is 3.45. The Hall–Kier alpha value is -1.72. The minimum Gasteiger partial charge on any atom is -0.374 e. The Morgan fingerprint density at radius 1 is 1.50 bits per heavy atom. The molecule has 1 aliphatic carbocycles. The van der Waals surface area contributed by atoms with Gasteiger partial charge in [0.05, 0.1) is 4.92 Å². The van der Waals surface area contributed by atoms with Crippen molar-refractivity contribution >= 4 is 11.4 Å². The van der Waals surface area contributed by atoms with Crippen LogP contribution >= 0.6 is 0 Å². The number of nitrogens with one attached hydrogen (secondary N) is 1. The summed E-state index contributed by atoms with van der Waals surface area (Å²) >= 11 is 0. The molecule has 2 unspecified atom stereocenters. The van der Waals surface area contributed by atoms with E-state index in [0.29, 0.717) is 5.92 Å². The number of nitro groups is 1. The Morgan fingerprint density at radius 2 is 2.22 bits per heavy atom. The molecule has 0 saturated heterocycles. The van der Waals surface area contributed by atoms with E-state index in [9.17, 15) is 18.9 Å². The number of nitro benzene ring substituents is 1. The Labute approximate surface area is 103 Å². The summed E-state index contributed by atoms with van der Waals surface area (Å²) in [5, 5.41) is 13.5. The smallest absolute Gasteiger partial charge is 0.295 e. The first-order chi connectivity index (χ1) is 8.54. The van der Waals surface area contributed by atoms with Crippen LogP contribution < -0.4 is 5.32 Å². The molecule has 0 amide bonds. The van der Waals surface area contributed by atoms with Crippen molar-refractivity contribution in [2.24, 2.45) is 5.92 Å². The van der Waals surface area contributed by atoms with E-state index in [1.807, 2.05) is 6.92 Å². The topological polar surface area (TPSA) is 55.2 Å². The SMILES string of the molecule is CCCC1CC1Nc1c([N+](=O)[O-])ccc(F)c1F. The van der Waals surface area contributed by atoms with E-state index in [4.69, 9.17) is 0 Å².